The second kappa shape index (κ2) is 8.84. The molecule has 0 aliphatic rings. The largest absolute Gasteiger partial charge is 0.330 e. The van der Waals surface area contributed by atoms with Crippen LogP contribution < -0.4 is 5.32 Å². The Morgan fingerprint density at radius 3 is 2.79 bits per heavy atom. The molecule has 0 spiro atoms. The van der Waals surface area contributed by atoms with E-state index in [-0.39, 0.29) is 0 Å². The monoisotopic (exact) mass is 359 g/mol. The molecule has 1 aromatic carbocycles. The van der Waals surface area contributed by atoms with Crippen molar-refractivity contribution in [3.05, 3.63) is 48.3 Å². The van der Waals surface area contributed by atoms with Crippen LogP contribution in [0, 0.1) is 6.92 Å². The zero-order chi connectivity index (χ0) is 16.6. The van der Waals surface area contributed by atoms with E-state index in [0.717, 1.165) is 27.5 Å². The number of hydrogen-bond donors (Lipinski definition) is 1. The fourth-order valence-corrected chi connectivity index (χ4v) is 4.07. The summed E-state index contributed by atoms with van der Waals surface area (Å²) in [7, 11) is 0. The van der Waals surface area contributed by atoms with Crippen molar-refractivity contribution in [3.8, 4) is 0 Å². The molecule has 5 nitrogen and oxygen atoms in total. The number of anilines is 2. The van der Waals surface area contributed by atoms with Crippen LogP contribution in [0.15, 0.2) is 47.1 Å². The van der Waals surface area contributed by atoms with Crippen molar-refractivity contribution >= 4 is 33.9 Å². The van der Waals surface area contributed by atoms with Gasteiger partial charge in [-0.25, -0.2) is 0 Å². The molecule has 3 rings (SSSR count). The molecule has 0 unspecified atom stereocenters. The maximum atomic E-state index is 4.24. The van der Waals surface area contributed by atoms with Crippen LogP contribution in [-0.4, -0.2) is 25.7 Å². The van der Waals surface area contributed by atoms with Gasteiger partial charge in [0.05, 0.1) is 0 Å². The fraction of sp³-hybridized carbons (Fsp3) is 0.353. The topological polar surface area (TPSA) is 55.6 Å². The summed E-state index contributed by atoms with van der Waals surface area (Å²) in [6, 6.07) is 10.3. The van der Waals surface area contributed by atoms with E-state index in [1.165, 1.54) is 24.8 Å². The van der Waals surface area contributed by atoms with Crippen LogP contribution in [0.5, 0.6) is 0 Å². The Bertz CT molecular complexity index is 722. The van der Waals surface area contributed by atoms with E-state index in [4.69, 9.17) is 0 Å². The van der Waals surface area contributed by atoms with Crippen molar-refractivity contribution in [2.75, 3.05) is 11.1 Å². The Kier molecular flexibility index (Phi) is 6.26. The molecule has 0 saturated carbocycles. The first kappa shape index (κ1) is 17.0. The van der Waals surface area contributed by atoms with E-state index in [1.807, 2.05) is 23.1 Å². The summed E-state index contributed by atoms with van der Waals surface area (Å²) in [5.74, 6) is 1.08. The SMILES string of the molecule is Cc1ccc(Nc2nnc(SCCCCCn3cccn3)s2)cc1. The first-order chi connectivity index (χ1) is 11.8. The zero-order valence-corrected chi connectivity index (χ0v) is 15.3. The summed E-state index contributed by atoms with van der Waals surface area (Å²) in [5.41, 5.74) is 2.30. The molecule has 0 atom stereocenters. The van der Waals surface area contributed by atoms with E-state index in [9.17, 15) is 0 Å². The molecule has 0 fully saturated rings. The van der Waals surface area contributed by atoms with Gasteiger partial charge in [0.25, 0.3) is 0 Å². The molecule has 0 bridgehead atoms. The van der Waals surface area contributed by atoms with Gasteiger partial charge in [-0.2, -0.15) is 5.10 Å². The van der Waals surface area contributed by atoms with Crippen LogP contribution >= 0.6 is 23.1 Å². The van der Waals surface area contributed by atoms with Crippen molar-refractivity contribution in [2.45, 2.75) is 37.1 Å². The summed E-state index contributed by atoms with van der Waals surface area (Å²) in [6.07, 6.45) is 7.40. The highest BCUT2D eigenvalue weighted by atomic mass is 32.2. The van der Waals surface area contributed by atoms with Gasteiger partial charge < -0.3 is 5.32 Å². The molecule has 2 heterocycles. The molecule has 7 heteroatoms. The Hall–Kier alpha value is -1.86. The Morgan fingerprint density at radius 1 is 1.12 bits per heavy atom. The maximum absolute atomic E-state index is 4.24. The van der Waals surface area contributed by atoms with Crippen LogP contribution in [0.25, 0.3) is 0 Å². The quantitative estimate of drug-likeness (QED) is 0.441. The molecule has 0 radical (unpaired) electrons. The Labute approximate surface area is 150 Å². The maximum Gasteiger partial charge on any atom is 0.210 e. The van der Waals surface area contributed by atoms with Crippen molar-refractivity contribution in [2.24, 2.45) is 0 Å². The molecule has 126 valence electrons. The summed E-state index contributed by atoms with van der Waals surface area (Å²) < 4.78 is 3.01. The van der Waals surface area contributed by atoms with Crippen LogP contribution in [0.1, 0.15) is 24.8 Å². The van der Waals surface area contributed by atoms with Crippen LogP contribution in [0.2, 0.25) is 0 Å². The molecule has 0 aliphatic heterocycles. The minimum atomic E-state index is 0.847. The first-order valence-corrected chi connectivity index (χ1v) is 9.87. The number of hydrogen-bond acceptors (Lipinski definition) is 6. The van der Waals surface area contributed by atoms with Gasteiger partial charge in [0, 0.05) is 30.4 Å². The Balaban J connectivity index is 1.34. The van der Waals surface area contributed by atoms with Crippen molar-refractivity contribution < 1.29 is 0 Å². The highest BCUT2D eigenvalue weighted by molar-refractivity contribution is 8.01. The number of unbranched alkanes of at least 4 members (excludes halogenated alkanes) is 2. The predicted octanol–water partition coefficient (Wildman–Crippen LogP) is 4.75. The number of aromatic nitrogens is 4. The third kappa shape index (κ3) is 5.35. The van der Waals surface area contributed by atoms with Gasteiger partial charge in [-0.05, 0) is 38.0 Å². The van der Waals surface area contributed by atoms with Gasteiger partial charge in [-0.1, -0.05) is 47.2 Å². The lowest BCUT2D eigenvalue weighted by Gasteiger charge is -2.01. The molecular formula is C17H21N5S2. The lowest BCUT2D eigenvalue weighted by molar-refractivity contribution is 0.554. The first-order valence-electron chi connectivity index (χ1n) is 8.07. The summed E-state index contributed by atoms with van der Waals surface area (Å²) in [6.45, 7) is 3.08. The number of thioether (sulfide) groups is 1. The molecular weight excluding hydrogens is 338 g/mol. The molecule has 0 amide bonds. The van der Waals surface area contributed by atoms with Crippen LogP contribution in [0.3, 0.4) is 0 Å². The third-order valence-electron chi connectivity index (χ3n) is 3.53. The fourth-order valence-electron chi connectivity index (χ4n) is 2.22. The number of nitrogens with one attached hydrogen (secondary N) is 1. The third-order valence-corrected chi connectivity index (χ3v) is 5.58. The number of rotatable bonds is 9. The molecule has 3 aromatic rings. The smallest absolute Gasteiger partial charge is 0.210 e. The van der Waals surface area contributed by atoms with Crippen LogP contribution in [0.4, 0.5) is 10.8 Å². The second-order valence-corrected chi connectivity index (χ2v) is 7.86. The van der Waals surface area contributed by atoms with Crippen LogP contribution in [-0.2, 0) is 6.54 Å². The van der Waals surface area contributed by atoms with Gasteiger partial charge in [-0.15, -0.1) is 10.2 Å². The van der Waals surface area contributed by atoms with E-state index in [1.54, 1.807) is 23.1 Å². The highest BCUT2D eigenvalue weighted by Crippen LogP contribution is 2.28. The minimum absolute atomic E-state index is 0.847. The highest BCUT2D eigenvalue weighted by Gasteiger charge is 2.05. The molecule has 1 N–H and O–H groups in total. The van der Waals surface area contributed by atoms with E-state index in [2.05, 4.69) is 51.8 Å². The molecule has 2 aromatic heterocycles. The van der Waals surface area contributed by atoms with E-state index in [0.29, 0.717) is 0 Å². The lowest BCUT2D eigenvalue weighted by Crippen LogP contribution is -1.97. The molecule has 24 heavy (non-hydrogen) atoms. The van der Waals surface area contributed by atoms with Gasteiger partial charge in [0.2, 0.25) is 5.13 Å². The number of aryl methyl sites for hydroxylation is 2. The summed E-state index contributed by atoms with van der Waals surface area (Å²) >= 11 is 3.39. The van der Waals surface area contributed by atoms with Gasteiger partial charge >= 0.3 is 0 Å². The van der Waals surface area contributed by atoms with Crippen molar-refractivity contribution in [1.29, 1.82) is 0 Å². The summed E-state index contributed by atoms with van der Waals surface area (Å²) in [4.78, 5) is 0. The average Bonchev–Trinajstić information content (AvgIpc) is 3.25. The Morgan fingerprint density at radius 2 is 2.00 bits per heavy atom. The normalized spacial score (nSPS) is 10.9. The van der Waals surface area contributed by atoms with E-state index < -0.39 is 0 Å². The average molecular weight is 360 g/mol. The van der Waals surface area contributed by atoms with Gasteiger partial charge in [-0.3, -0.25) is 4.68 Å². The lowest BCUT2D eigenvalue weighted by atomic mass is 10.2. The second-order valence-electron chi connectivity index (χ2n) is 5.54. The standard InChI is InChI=1S/C17H21N5S2/c1-14-6-8-15(9-7-14)19-16-20-21-17(24-16)23-13-4-2-3-11-22-12-5-10-18-22/h5-10,12H,2-4,11,13H2,1H3,(H,19,20). The van der Waals surface area contributed by atoms with Crippen molar-refractivity contribution in [3.63, 3.8) is 0 Å². The summed E-state index contributed by atoms with van der Waals surface area (Å²) in [5, 5.41) is 16.8. The minimum Gasteiger partial charge on any atom is -0.330 e. The van der Waals surface area contributed by atoms with Gasteiger partial charge in [0.15, 0.2) is 4.34 Å². The molecule has 0 aliphatic carbocycles. The zero-order valence-electron chi connectivity index (χ0n) is 13.7. The van der Waals surface area contributed by atoms with E-state index >= 15 is 0 Å². The molecule has 0 saturated heterocycles. The predicted molar refractivity (Wildman–Crippen MR) is 101 cm³/mol. The number of benzene rings is 1. The van der Waals surface area contributed by atoms with Gasteiger partial charge in [0.1, 0.15) is 0 Å². The van der Waals surface area contributed by atoms with Crippen molar-refractivity contribution in [1.82, 2.24) is 20.0 Å². The number of nitrogens with zero attached hydrogens (tertiary/aromatic N) is 4.